The van der Waals surface area contributed by atoms with Crippen LogP contribution in [0.2, 0.25) is 0 Å². The van der Waals surface area contributed by atoms with Gasteiger partial charge in [0.05, 0.1) is 6.04 Å². The molecule has 1 fully saturated rings. The van der Waals surface area contributed by atoms with Crippen LogP contribution in [0, 0.1) is 6.92 Å². The highest BCUT2D eigenvalue weighted by Gasteiger charge is 2.35. The Kier molecular flexibility index (Phi) is 4.98. The van der Waals surface area contributed by atoms with Crippen molar-refractivity contribution in [3.63, 3.8) is 0 Å². The molecule has 1 aliphatic carbocycles. The Labute approximate surface area is 174 Å². The number of benzene rings is 1. The van der Waals surface area contributed by atoms with Crippen molar-refractivity contribution in [2.24, 2.45) is 0 Å². The van der Waals surface area contributed by atoms with Gasteiger partial charge in [0.15, 0.2) is 11.5 Å². The SMILES string of the molecule is Cc1nonc1[C@H]1CCCN1C(=O)c1cc(COc2ccc3c(c2)CCCC3)on1. The highest BCUT2D eigenvalue weighted by Crippen LogP contribution is 2.33. The zero-order valence-electron chi connectivity index (χ0n) is 17.0. The lowest BCUT2D eigenvalue weighted by molar-refractivity contribution is 0.0719. The number of aromatic nitrogens is 3. The third-order valence-electron chi connectivity index (χ3n) is 6.00. The molecule has 2 aliphatic rings. The molecule has 0 saturated carbocycles. The standard InChI is InChI=1S/C22H24N4O4/c1-14-21(25-30-23-14)20-7-4-10-26(20)22(27)19-12-18(29-24-19)13-28-17-9-8-15-5-2-3-6-16(15)11-17/h8-9,11-12,20H,2-7,10,13H2,1H3/t20-/m1/s1. The van der Waals surface area contributed by atoms with Crippen molar-refractivity contribution in [3.05, 3.63) is 58.2 Å². The van der Waals surface area contributed by atoms with Gasteiger partial charge in [0.2, 0.25) is 0 Å². The Morgan fingerprint density at radius 3 is 2.83 bits per heavy atom. The van der Waals surface area contributed by atoms with E-state index in [0.29, 0.717) is 23.7 Å². The maximum atomic E-state index is 13.0. The van der Waals surface area contributed by atoms with Gasteiger partial charge in [0.1, 0.15) is 23.7 Å². The summed E-state index contributed by atoms with van der Waals surface area (Å²) in [7, 11) is 0. The topological polar surface area (TPSA) is 94.5 Å². The summed E-state index contributed by atoms with van der Waals surface area (Å²) in [5, 5.41) is 11.8. The van der Waals surface area contributed by atoms with Gasteiger partial charge in [-0.1, -0.05) is 21.5 Å². The Bertz CT molecular complexity index is 1060. The third-order valence-corrected chi connectivity index (χ3v) is 6.00. The Morgan fingerprint density at radius 1 is 1.13 bits per heavy atom. The van der Waals surface area contributed by atoms with Crippen molar-refractivity contribution in [2.75, 3.05) is 6.54 Å². The molecule has 2 aromatic heterocycles. The Balaban J connectivity index is 1.25. The number of nitrogens with zero attached hydrogens (tertiary/aromatic N) is 4. The number of carbonyl (C=O) groups is 1. The highest BCUT2D eigenvalue weighted by atomic mass is 16.6. The van der Waals surface area contributed by atoms with Crippen LogP contribution in [-0.4, -0.2) is 32.8 Å². The summed E-state index contributed by atoms with van der Waals surface area (Å²) in [6, 6.07) is 7.77. The van der Waals surface area contributed by atoms with E-state index in [1.54, 1.807) is 11.0 Å². The number of aryl methyl sites for hydroxylation is 3. The van der Waals surface area contributed by atoms with Crippen LogP contribution in [0.25, 0.3) is 0 Å². The molecule has 3 heterocycles. The molecule has 0 radical (unpaired) electrons. The first kappa shape index (κ1) is 18.8. The molecule has 5 rings (SSSR count). The maximum Gasteiger partial charge on any atom is 0.276 e. The van der Waals surface area contributed by atoms with E-state index in [9.17, 15) is 4.79 Å². The van der Waals surface area contributed by atoms with Crippen LogP contribution in [0.15, 0.2) is 33.4 Å². The van der Waals surface area contributed by atoms with Gasteiger partial charge in [-0.05, 0) is 68.7 Å². The van der Waals surface area contributed by atoms with Gasteiger partial charge >= 0.3 is 0 Å². The minimum absolute atomic E-state index is 0.143. The highest BCUT2D eigenvalue weighted by molar-refractivity contribution is 5.92. The first-order chi connectivity index (χ1) is 14.7. The first-order valence-electron chi connectivity index (χ1n) is 10.5. The summed E-state index contributed by atoms with van der Waals surface area (Å²) in [5.74, 6) is 1.16. The Hall–Kier alpha value is -3.16. The largest absolute Gasteiger partial charge is 0.486 e. The monoisotopic (exact) mass is 408 g/mol. The molecule has 1 aliphatic heterocycles. The van der Waals surface area contributed by atoms with Gasteiger partial charge in [-0.25, -0.2) is 4.63 Å². The number of amides is 1. The molecule has 1 amide bonds. The van der Waals surface area contributed by atoms with E-state index in [-0.39, 0.29) is 24.2 Å². The number of likely N-dealkylation sites (tertiary alicyclic amines) is 1. The van der Waals surface area contributed by atoms with Crippen molar-refractivity contribution in [1.82, 2.24) is 20.4 Å². The average Bonchev–Trinajstić information content (AvgIpc) is 3.52. The van der Waals surface area contributed by atoms with Crippen LogP contribution in [-0.2, 0) is 19.4 Å². The Morgan fingerprint density at radius 2 is 2.00 bits per heavy atom. The molecule has 1 atom stereocenters. The lowest BCUT2D eigenvalue weighted by Crippen LogP contribution is -2.31. The van der Waals surface area contributed by atoms with Crippen molar-refractivity contribution in [1.29, 1.82) is 0 Å². The quantitative estimate of drug-likeness (QED) is 0.634. The van der Waals surface area contributed by atoms with E-state index < -0.39 is 0 Å². The predicted octanol–water partition coefficient (Wildman–Crippen LogP) is 3.80. The molecule has 0 N–H and O–H groups in total. The fraction of sp³-hybridized carbons (Fsp3) is 0.455. The zero-order valence-corrected chi connectivity index (χ0v) is 17.0. The van der Waals surface area contributed by atoms with Crippen molar-refractivity contribution in [2.45, 2.75) is 58.1 Å². The maximum absolute atomic E-state index is 13.0. The smallest absolute Gasteiger partial charge is 0.276 e. The molecule has 30 heavy (non-hydrogen) atoms. The zero-order chi connectivity index (χ0) is 20.5. The molecule has 1 saturated heterocycles. The average molecular weight is 408 g/mol. The van der Waals surface area contributed by atoms with Crippen LogP contribution in [0.4, 0.5) is 0 Å². The second kappa shape index (κ2) is 7.93. The number of fused-ring (bicyclic) bond motifs is 1. The summed E-state index contributed by atoms with van der Waals surface area (Å²) in [6.45, 7) is 2.71. The van der Waals surface area contributed by atoms with Gasteiger partial charge < -0.3 is 14.2 Å². The van der Waals surface area contributed by atoms with Gasteiger partial charge in [0, 0.05) is 12.6 Å². The molecule has 0 unspecified atom stereocenters. The molecule has 1 aromatic carbocycles. The van der Waals surface area contributed by atoms with Gasteiger partial charge in [0.25, 0.3) is 5.91 Å². The fourth-order valence-electron chi connectivity index (χ4n) is 4.42. The van der Waals surface area contributed by atoms with E-state index in [1.165, 1.54) is 24.0 Å². The summed E-state index contributed by atoms with van der Waals surface area (Å²) in [6.07, 6.45) is 6.45. The number of hydrogen-bond acceptors (Lipinski definition) is 7. The molecule has 0 spiro atoms. The van der Waals surface area contributed by atoms with Crippen LogP contribution < -0.4 is 4.74 Å². The molecular formula is C22H24N4O4. The van der Waals surface area contributed by atoms with Crippen LogP contribution in [0.1, 0.15) is 70.5 Å². The summed E-state index contributed by atoms with van der Waals surface area (Å²) in [4.78, 5) is 14.8. The fourth-order valence-corrected chi connectivity index (χ4v) is 4.42. The summed E-state index contributed by atoms with van der Waals surface area (Å²) >= 11 is 0. The molecule has 8 nitrogen and oxygen atoms in total. The number of carbonyl (C=O) groups excluding carboxylic acids is 1. The van der Waals surface area contributed by atoms with E-state index in [0.717, 1.165) is 31.4 Å². The van der Waals surface area contributed by atoms with E-state index in [1.807, 2.05) is 13.0 Å². The van der Waals surface area contributed by atoms with Crippen molar-refractivity contribution in [3.8, 4) is 5.75 Å². The minimum Gasteiger partial charge on any atom is -0.486 e. The van der Waals surface area contributed by atoms with E-state index in [2.05, 4.69) is 27.6 Å². The second-order valence-corrected chi connectivity index (χ2v) is 8.00. The second-order valence-electron chi connectivity index (χ2n) is 8.00. The molecular weight excluding hydrogens is 384 g/mol. The van der Waals surface area contributed by atoms with Crippen molar-refractivity contribution < 1.29 is 18.7 Å². The van der Waals surface area contributed by atoms with Gasteiger partial charge in [-0.2, -0.15) is 0 Å². The number of ether oxygens (including phenoxy) is 1. The lowest BCUT2D eigenvalue weighted by atomic mass is 9.92. The number of hydrogen-bond donors (Lipinski definition) is 0. The van der Waals surface area contributed by atoms with Gasteiger partial charge in [-0.3, -0.25) is 4.79 Å². The minimum atomic E-state index is -0.177. The normalized spacial score (nSPS) is 18.4. The van der Waals surface area contributed by atoms with E-state index >= 15 is 0 Å². The van der Waals surface area contributed by atoms with Gasteiger partial charge in [-0.15, -0.1) is 0 Å². The summed E-state index contributed by atoms with van der Waals surface area (Å²) < 4.78 is 16.1. The van der Waals surface area contributed by atoms with Crippen LogP contribution in [0.5, 0.6) is 5.75 Å². The number of rotatable bonds is 5. The summed E-state index contributed by atoms with van der Waals surface area (Å²) in [5.41, 5.74) is 4.48. The lowest BCUT2D eigenvalue weighted by Gasteiger charge is -2.21. The molecule has 156 valence electrons. The molecule has 0 bridgehead atoms. The van der Waals surface area contributed by atoms with E-state index in [4.69, 9.17) is 13.9 Å². The van der Waals surface area contributed by atoms with Crippen LogP contribution in [0.3, 0.4) is 0 Å². The first-order valence-corrected chi connectivity index (χ1v) is 10.5. The predicted molar refractivity (Wildman–Crippen MR) is 106 cm³/mol. The third kappa shape index (κ3) is 3.58. The molecule has 3 aromatic rings. The molecule has 8 heteroatoms. The van der Waals surface area contributed by atoms with Crippen molar-refractivity contribution >= 4 is 5.91 Å². The van der Waals surface area contributed by atoms with Crippen LogP contribution >= 0.6 is 0 Å².